The van der Waals surface area contributed by atoms with E-state index in [4.69, 9.17) is 9.47 Å². The van der Waals surface area contributed by atoms with E-state index in [1.807, 2.05) is 35.7 Å². The highest BCUT2D eigenvalue weighted by atomic mass is 79.9. The number of ether oxygens (including phenoxy) is 2. The van der Waals surface area contributed by atoms with E-state index in [2.05, 4.69) is 10.3 Å². The van der Waals surface area contributed by atoms with Crippen molar-refractivity contribution in [1.82, 2.24) is 9.29 Å². The van der Waals surface area contributed by atoms with Gasteiger partial charge in [0.15, 0.2) is 5.13 Å². The summed E-state index contributed by atoms with van der Waals surface area (Å²) in [5.41, 5.74) is 2.39. The van der Waals surface area contributed by atoms with Crippen molar-refractivity contribution in [3.05, 3.63) is 47.8 Å². The first-order valence-corrected chi connectivity index (χ1v) is 12.4. The van der Waals surface area contributed by atoms with Crippen LogP contribution in [-0.2, 0) is 10.0 Å². The third kappa shape index (κ3) is 5.25. The minimum atomic E-state index is -3.43. The van der Waals surface area contributed by atoms with Gasteiger partial charge >= 0.3 is 0 Å². The van der Waals surface area contributed by atoms with Gasteiger partial charge in [0.2, 0.25) is 10.0 Å². The third-order valence-electron chi connectivity index (χ3n) is 5.26. The molecule has 0 amide bonds. The molecule has 1 fully saturated rings. The molecule has 0 aliphatic carbocycles. The van der Waals surface area contributed by atoms with Gasteiger partial charge in [0, 0.05) is 30.1 Å². The Bertz CT molecular complexity index is 1140. The lowest BCUT2D eigenvalue weighted by Gasteiger charge is -2.25. The van der Waals surface area contributed by atoms with Crippen molar-refractivity contribution < 1.29 is 17.9 Å². The highest BCUT2D eigenvalue weighted by Gasteiger charge is 2.25. The van der Waals surface area contributed by atoms with Crippen molar-refractivity contribution in [3.8, 4) is 22.8 Å². The smallest absolute Gasteiger partial charge is 0.243 e. The SMILES string of the molecule is Br.COc1ccc(OC)c(Nc2nc(-c3ccc(S(=O)(=O)N4CCCCC4)cc3)cs2)c1. The maximum Gasteiger partial charge on any atom is 0.243 e. The number of piperidine rings is 1. The molecule has 7 nitrogen and oxygen atoms in total. The highest BCUT2D eigenvalue weighted by Crippen LogP contribution is 2.34. The molecule has 0 saturated carbocycles. The zero-order valence-corrected chi connectivity index (χ0v) is 21.3. The minimum absolute atomic E-state index is 0. The Labute approximate surface area is 203 Å². The molecule has 10 heteroatoms. The normalized spacial score (nSPS) is 14.4. The molecule has 0 spiro atoms. The largest absolute Gasteiger partial charge is 0.497 e. The summed E-state index contributed by atoms with van der Waals surface area (Å²) >= 11 is 1.46. The van der Waals surface area contributed by atoms with Crippen LogP contribution in [0.3, 0.4) is 0 Å². The first-order chi connectivity index (χ1) is 15.0. The van der Waals surface area contributed by atoms with Crippen LogP contribution in [0, 0.1) is 0 Å². The second-order valence-electron chi connectivity index (χ2n) is 7.22. The lowest BCUT2D eigenvalue weighted by molar-refractivity contribution is 0.346. The van der Waals surface area contributed by atoms with E-state index in [0.717, 1.165) is 36.2 Å². The molecule has 2 aromatic carbocycles. The molecule has 32 heavy (non-hydrogen) atoms. The molecule has 2 heterocycles. The number of sulfonamides is 1. The van der Waals surface area contributed by atoms with E-state index in [1.54, 1.807) is 30.7 Å². The Hall–Kier alpha value is -2.14. The number of halogens is 1. The van der Waals surface area contributed by atoms with Gasteiger partial charge in [-0.15, -0.1) is 28.3 Å². The molecule has 1 aliphatic rings. The zero-order chi connectivity index (χ0) is 21.8. The second-order valence-corrected chi connectivity index (χ2v) is 10.0. The van der Waals surface area contributed by atoms with E-state index in [0.29, 0.717) is 34.6 Å². The lowest BCUT2D eigenvalue weighted by Crippen LogP contribution is -2.35. The van der Waals surface area contributed by atoms with Gasteiger partial charge in [-0.05, 0) is 37.1 Å². The summed E-state index contributed by atoms with van der Waals surface area (Å²) in [6, 6.07) is 12.4. The standard InChI is InChI=1S/C22H25N3O4S2.BrH/c1-28-17-8-11-21(29-2)19(14-17)23-22-24-20(15-30-22)16-6-9-18(10-7-16)31(26,27)25-12-4-3-5-13-25;/h6-11,14-15H,3-5,12-13H2,1-2H3,(H,23,24);1H. The number of methoxy groups -OCH3 is 2. The van der Waals surface area contributed by atoms with Crippen LogP contribution >= 0.6 is 28.3 Å². The van der Waals surface area contributed by atoms with Gasteiger partial charge in [-0.3, -0.25) is 0 Å². The summed E-state index contributed by atoms with van der Waals surface area (Å²) in [6.45, 7) is 1.19. The van der Waals surface area contributed by atoms with Crippen molar-refractivity contribution in [2.24, 2.45) is 0 Å². The molecule has 0 radical (unpaired) electrons. The molecule has 3 aromatic rings. The first kappa shape index (κ1) is 24.5. The van der Waals surface area contributed by atoms with E-state index in [9.17, 15) is 8.42 Å². The van der Waals surface area contributed by atoms with Crippen molar-refractivity contribution in [1.29, 1.82) is 0 Å². The monoisotopic (exact) mass is 539 g/mol. The molecule has 0 bridgehead atoms. The molecule has 1 N–H and O–H groups in total. The van der Waals surface area contributed by atoms with Gasteiger partial charge in [0.05, 0.1) is 30.5 Å². The fraction of sp³-hybridized carbons (Fsp3) is 0.318. The van der Waals surface area contributed by atoms with Gasteiger partial charge in [-0.1, -0.05) is 18.6 Å². The third-order valence-corrected chi connectivity index (χ3v) is 7.93. The Morgan fingerprint density at radius 2 is 1.72 bits per heavy atom. The van der Waals surface area contributed by atoms with Gasteiger partial charge in [-0.2, -0.15) is 4.31 Å². The van der Waals surface area contributed by atoms with Crippen LogP contribution in [-0.4, -0.2) is 45.0 Å². The Kier molecular flexibility index (Phi) is 8.16. The molecule has 0 unspecified atom stereocenters. The van der Waals surface area contributed by atoms with Gasteiger partial charge in [0.1, 0.15) is 11.5 Å². The second kappa shape index (κ2) is 10.7. The number of thiazole rings is 1. The Morgan fingerprint density at radius 1 is 1.00 bits per heavy atom. The summed E-state index contributed by atoms with van der Waals surface area (Å²) in [6.07, 6.45) is 2.93. The number of hydrogen-bond acceptors (Lipinski definition) is 7. The number of hydrogen-bond donors (Lipinski definition) is 1. The maximum absolute atomic E-state index is 12.8. The minimum Gasteiger partial charge on any atom is -0.497 e. The van der Waals surface area contributed by atoms with Crippen LogP contribution in [0.25, 0.3) is 11.3 Å². The average Bonchev–Trinajstić information content (AvgIpc) is 3.28. The summed E-state index contributed by atoms with van der Waals surface area (Å²) in [7, 11) is -0.209. The summed E-state index contributed by atoms with van der Waals surface area (Å²) in [4.78, 5) is 4.97. The average molecular weight is 541 g/mol. The quantitative estimate of drug-likeness (QED) is 0.437. The molecular formula is C22H26BrN3O4S2. The van der Waals surface area contributed by atoms with Crippen LogP contribution in [0.4, 0.5) is 10.8 Å². The lowest BCUT2D eigenvalue weighted by atomic mass is 10.2. The summed E-state index contributed by atoms with van der Waals surface area (Å²) < 4.78 is 37.9. The van der Waals surface area contributed by atoms with Gasteiger partial charge in [0.25, 0.3) is 0 Å². The molecule has 172 valence electrons. The van der Waals surface area contributed by atoms with Gasteiger partial charge in [-0.25, -0.2) is 13.4 Å². The number of anilines is 2. The fourth-order valence-electron chi connectivity index (χ4n) is 3.54. The fourth-order valence-corrected chi connectivity index (χ4v) is 5.79. The summed E-state index contributed by atoms with van der Waals surface area (Å²) in [5.74, 6) is 1.40. The Balaban J connectivity index is 0.00000289. The van der Waals surface area contributed by atoms with Gasteiger partial charge < -0.3 is 14.8 Å². The predicted molar refractivity (Wildman–Crippen MR) is 133 cm³/mol. The molecule has 1 saturated heterocycles. The number of aromatic nitrogens is 1. The van der Waals surface area contributed by atoms with Crippen LogP contribution in [0.15, 0.2) is 52.7 Å². The first-order valence-electron chi connectivity index (χ1n) is 10.1. The van der Waals surface area contributed by atoms with E-state index in [-0.39, 0.29) is 17.0 Å². The highest BCUT2D eigenvalue weighted by molar-refractivity contribution is 8.93. The van der Waals surface area contributed by atoms with E-state index >= 15 is 0 Å². The van der Waals surface area contributed by atoms with Crippen LogP contribution in [0.5, 0.6) is 11.5 Å². The van der Waals surface area contributed by atoms with E-state index in [1.165, 1.54) is 11.3 Å². The molecule has 1 aliphatic heterocycles. The van der Waals surface area contributed by atoms with Crippen LogP contribution in [0.1, 0.15) is 19.3 Å². The van der Waals surface area contributed by atoms with Crippen LogP contribution in [0.2, 0.25) is 0 Å². The number of nitrogens with zero attached hydrogens (tertiary/aromatic N) is 2. The van der Waals surface area contributed by atoms with Crippen molar-refractivity contribution in [3.63, 3.8) is 0 Å². The molecule has 0 atom stereocenters. The molecular weight excluding hydrogens is 514 g/mol. The van der Waals surface area contributed by atoms with Crippen molar-refractivity contribution in [2.75, 3.05) is 32.6 Å². The number of nitrogens with one attached hydrogen (secondary N) is 1. The molecule has 1 aromatic heterocycles. The summed E-state index contributed by atoms with van der Waals surface area (Å²) in [5, 5.41) is 5.90. The van der Waals surface area contributed by atoms with Crippen LogP contribution < -0.4 is 14.8 Å². The number of rotatable bonds is 7. The predicted octanol–water partition coefficient (Wildman–Crippen LogP) is 5.32. The number of benzene rings is 2. The van der Waals surface area contributed by atoms with E-state index < -0.39 is 10.0 Å². The molecule has 4 rings (SSSR count). The van der Waals surface area contributed by atoms with Crippen molar-refractivity contribution >= 4 is 49.2 Å². The maximum atomic E-state index is 12.8. The topological polar surface area (TPSA) is 80.8 Å². The zero-order valence-electron chi connectivity index (χ0n) is 17.9. The Morgan fingerprint density at radius 3 is 2.38 bits per heavy atom. The van der Waals surface area contributed by atoms with Crippen molar-refractivity contribution in [2.45, 2.75) is 24.2 Å².